The van der Waals surface area contributed by atoms with Crippen molar-refractivity contribution in [1.82, 2.24) is 14.9 Å². The molecule has 1 aromatic heterocycles. The Bertz CT molecular complexity index is 715. The highest BCUT2D eigenvalue weighted by atomic mass is 32.2. The number of aromatic nitrogens is 3. The number of thioether (sulfide) groups is 1. The van der Waals surface area contributed by atoms with Crippen LogP contribution in [0, 0.1) is 6.92 Å². The third-order valence-corrected chi connectivity index (χ3v) is 4.06. The van der Waals surface area contributed by atoms with Crippen LogP contribution in [0.1, 0.15) is 11.4 Å². The molecule has 0 atom stereocenters. The molecule has 0 spiro atoms. The molecule has 0 unspecified atom stereocenters. The fraction of sp³-hybridized carbons (Fsp3) is 0.143. The Kier molecular flexibility index (Phi) is 3.13. The highest BCUT2D eigenvalue weighted by Crippen LogP contribution is 2.25. The largest absolute Gasteiger partial charge is 0.336 e. The van der Waals surface area contributed by atoms with Crippen molar-refractivity contribution < 1.29 is 0 Å². The Labute approximate surface area is 115 Å². The van der Waals surface area contributed by atoms with Gasteiger partial charge in [-0.2, -0.15) is 0 Å². The number of fused-ring (bicyclic) bond motifs is 1. The van der Waals surface area contributed by atoms with E-state index < -0.39 is 0 Å². The van der Waals surface area contributed by atoms with Crippen LogP contribution >= 0.6 is 11.8 Å². The van der Waals surface area contributed by atoms with Crippen molar-refractivity contribution >= 4 is 22.5 Å². The van der Waals surface area contributed by atoms with Gasteiger partial charge in [0.2, 0.25) is 5.16 Å². The molecule has 0 aliphatic rings. The molecule has 4 nitrogen and oxygen atoms in total. The summed E-state index contributed by atoms with van der Waals surface area (Å²) in [5, 5.41) is 11.3. The second-order valence-electron chi connectivity index (χ2n) is 4.33. The normalized spacial score (nSPS) is 11.0. The van der Waals surface area contributed by atoms with Gasteiger partial charge in [-0.05, 0) is 23.3 Å². The first-order valence-electron chi connectivity index (χ1n) is 6.02. The SMILES string of the molecule is Cc1nnc(SCc2cccc3ccccc23)n1N. The third kappa shape index (κ3) is 2.29. The molecular formula is C14H14N4S. The molecule has 2 N–H and O–H groups in total. The van der Waals surface area contributed by atoms with Gasteiger partial charge in [-0.25, -0.2) is 4.68 Å². The van der Waals surface area contributed by atoms with E-state index in [0.29, 0.717) is 0 Å². The molecule has 3 aromatic rings. The molecule has 2 aromatic carbocycles. The van der Waals surface area contributed by atoms with Crippen LogP contribution in [-0.2, 0) is 5.75 Å². The summed E-state index contributed by atoms with van der Waals surface area (Å²) in [4.78, 5) is 0. The summed E-state index contributed by atoms with van der Waals surface area (Å²) in [6.07, 6.45) is 0. The number of hydrogen-bond acceptors (Lipinski definition) is 4. The van der Waals surface area contributed by atoms with E-state index in [1.165, 1.54) is 21.0 Å². The molecule has 0 saturated carbocycles. The Morgan fingerprint density at radius 1 is 1.11 bits per heavy atom. The summed E-state index contributed by atoms with van der Waals surface area (Å²) in [7, 11) is 0. The van der Waals surface area contributed by atoms with Crippen LogP contribution in [-0.4, -0.2) is 14.9 Å². The second-order valence-corrected chi connectivity index (χ2v) is 5.27. The lowest BCUT2D eigenvalue weighted by molar-refractivity contribution is 0.825. The van der Waals surface area contributed by atoms with Crippen LogP contribution < -0.4 is 5.84 Å². The first kappa shape index (κ1) is 12.0. The van der Waals surface area contributed by atoms with E-state index in [0.717, 1.165) is 16.7 Å². The summed E-state index contributed by atoms with van der Waals surface area (Å²) in [6, 6.07) is 14.7. The topological polar surface area (TPSA) is 56.7 Å². The monoisotopic (exact) mass is 270 g/mol. The van der Waals surface area contributed by atoms with Gasteiger partial charge in [-0.3, -0.25) is 0 Å². The van der Waals surface area contributed by atoms with Gasteiger partial charge < -0.3 is 5.84 Å². The van der Waals surface area contributed by atoms with Crippen molar-refractivity contribution in [2.45, 2.75) is 17.8 Å². The number of nitrogens with two attached hydrogens (primary N) is 1. The highest BCUT2D eigenvalue weighted by Gasteiger charge is 2.07. The highest BCUT2D eigenvalue weighted by molar-refractivity contribution is 7.98. The zero-order valence-electron chi connectivity index (χ0n) is 10.6. The average molecular weight is 270 g/mol. The lowest BCUT2D eigenvalue weighted by Gasteiger charge is -2.06. The lowest BCUT2D eigenvalue weighted by atomic mass is 10.1. The van der Waals surface area contributed by atoms with Gasteiger partial charge in [-0.1, -0.05) is 54.2 Å². The number of hydrogen-bond donors (Lipinski definition) is 1. The quantitative estimate of drug-likeness (QED) is 0.587. The van der Waals surface area contributed by atoms with Crippen LogP contribution in [0.4, 0.5) is 0 Å². The third-order valence-electron chi connectivity index (χ3n) is 3.07. The summed E-state index contributed by atoms with van der Waals surface area (Å²) >= 11 is 1.60. The number of nitrogen functional groups attached to an aromatic ring is 1. The standard InChI is InChI=1S/C14H14N4S/c1-10-16-17-14(18(10)15)19-9-12-7-4-6-11-5-2-3-8-13(11)12/h2-8H,9,15H2,1H3. The van der Waals surface area contributed by atoms with Gasteiger partial charge in [0, 0.05) is 5.75 Å². The van der Waals surface area contributed by atoms with Crippen molar-refractivity contribution in [2.75, 3.05) is 5.84 Å². The Morgan fingerprint density at radius 3 is 2.68 bits per heavy atom. The Hall–Kier alpha value is -2.01. The molecule has 96 valence electrons. The van der Waals surface area contributed by atoms with Gasteiger partial charge in [0.1, 0.15) is 5.82 Å². The first-order valence-corrected chi connectivity index (χ1v) is 7.01. The molecule has 0 aliphatic heterocycles. The van der Waals surface area contributed by atoms with Gasteiger partial charge in [0.05, 0.1) is 0 Å². The lowest BCUT2D eigenvalue weighted by Crippen LogP contribution is -2.11. The number of benzene rings is 2. The minimum absolute atomic E-state index is 0.723. The number of nitrogens with zero attached hydrogens (tertiary/aromatic N) is 3. The molecule has 19 heavy (non-hydrogen) atoms. The molecule has 0 fully saturated rings. The maximum Gasteiger partial charge on any atom is 0.210 e. The van der Waals surface area contributed by atoms with E-state index in [9.17, 15) is 0 Å². The van der Waals surface area contributed by atoms with Crippen molar-refractivity contribution in [2.24, 2.45) is 0 Å². The molecule has 3 rings (SSSR count). The van der Waals surface area contributed by atoms with E-state index in [4.69, 9.17) is 5.84 Å². The fourth-order valence-electron chi connectivity index (χ4n) is 2.01. The zero-order valence-corrected chi connectivity index (χ0v) is 11.4. The van der Waals surface area contributed by atoms with Gasteiger partial charge in [-0.15, -0.1) is 10.2 Å². The molecular weight excluding hydrogens is 256 g/mol. The fourth-order valence-corrected chi connectivity index (χ4v) is 2.92. The van der Waals surface area contributed by atoms with Crippen molar-refractivity contribution in [3.8, 4) is 0 Å². The molecule has 0 saturated heterocycles. The van der Waals surface area contributed by atoms with Crippen LogP contribution in [0.5, 0.6) is 0 Å². The number of rotatable bonds is 3. The molecule has 0 amide bonds. The van der Waals surface area contributed by atoms with Crippen molar-refractivity contribution in [1.29, 1.82) is 0 Å². The van der Waals surface area contributed by atoms with Crippen LogP contribution in [0.3, 0.4) is 0 Å². The minimum Gasteiger partial charge on any atom is -0.336 e. The Morgan fingerprint density at radius 2 is 1.89 bits per heavy atom. The van der Waals surface area contributed by atoms with Gasteiger partial charge >= 0.3 is 0 Å². The maximum absolute atomic E-state index is 5.85. The van der Waals surface area contributed by atoms with E-state index in [-0.39, 0.29) is 0 Å². The first-order chi connectivity index (χ1) is 9.25. The Balaban J connectivity index is 1.88. The predicted octanol–water partition coefficient (Wildman–Crippen LogP) is 2.75. The molecule has 0 radical (unpaired) electrons. The summed E-state index contributed by atoms with van der Waals surface area (Å²) in [5.74, 6) is 7.40. The molecule has 1 heterocycles. The smallest absolute Gasteiger partial charge is 0.210 e. The van der Waals surface area contributed by atoms with Crippen molar-refractivity contribution in [3.05, 3.63) is 53.9 Å². The van der Waals surface area contributed by atoms with Gasteiger partial charge in [0.15, 0.2) is 0 Å². The number of aryl methyl sites for hydroxylation is 1. The zero-order chi connectivity index (χ0) is 13.2. The van der Waals surface area contributed by atoms with Crippen molar-refractivity contribution in [3.63, 3.8) is 0 Å². The summed E-state index contributed by atoms with van der Waals surface area (Å²) < 4.78 is 1.52. The van der Waals surface area contributed by atoms with E-state index in [1.807, 2.05) is 6.92 Å². The van der Waals surface area contributed by atoms with Crippen LogP contribution in [0.25, 0.3) is 10.8 Å². The maximum atomic E-state index is 5.85. The van der Waals surface area contributed by atoms with Gasteiger partial charge in [0.25, 0.3) is 0 Å². The second kappa shape index (κ2) is 4.93. The van der Waals surface area contributed by atoms with Crippen LogP contribution in [0.15, 0.2) is 47.6 Å². The average Bonchev–Trinajstić information content (AvgIpc) is 2.76. The van der Waals surface area contributed by atoms with E-state index in [2.05, 4.69) is 52.7 Å². The predicted molar refractivity (Wildman–Crippen MR) is 78.4 cm³/mol. The summed E-state index contributed by atoms with van der Waals surface area (Å²) in [5.41, 5.74) is 1.28. The summed E-state index contributed by atoms with van der Waals surface area (Å²) in [6.45, 7) is 1.84. The molecule has 0 aliphatic carbocycles. The van der Waals surface area contributed by atoms with E-state index in [1.54, 1.807) is 11.8 Å². The van der Waals surface area contributed by atoms with E-state index >= 15 is 0 Å². The minimum atomic E-state index is 0.723. The molecule has 0 bridgehead atoms. The molecule has 5 heteroatoms. The van der Waals surface area contributed by atoms with Crippen LogP contribution in [0.2, 0.25) is 0 Å².